The van der Waals surface area contributed by atoms with E-state index in [-0.39, 0.29) is 5.82 Å². The average Bonchev–Trinajstić information content (AvgIpc) is 2.39. The van der Waals surface area contributed by atoms with Crippen molar-refractivity contribution >= 4 is 11.4 Å². The summed E-state index contributed by atoms with van der Waals surface area (Å²) >= 11 is 0. The molecule has 84 valence electrons. The van der Waals surface area contributed by atoms with Crippen LogP contribution in [0.5, 0.6) is 0 Å². The molecule has 0 fully saturated rings. The van der Waals surface area contributed by atoms with Gasteiger partial charge in [0.2, 0.25) is 0 Å². The van der Waals surface area contributed by atoms with Crippen molar-refractivity contribution in [2.24, 2.45) is 0 Å². The first kappa shape index (κ1) is 11.2. The van der Waals surface area contributed by atoms with Crippen molar-refractivity contribution in [1.29, 1.82) is 5.26 Å². The van der Waals surface area contributed by atoms with Crippen LogP contribution in [0.4, 0.5) is 15.8 Å². The van der Waals surface area contributed by atoms with Crippen LogP contribution in [0.25, 0.3) is 0 Å². The predicted molar refractivity (Wildman–Crippen MR) is 65.6 cm³/mol. The van der Waals surface area contributed by atoms with E-state index in [1.165, 1.54) is 12.1 Å². The summed E-state index contributed by atoms with van der Waals surface area (Å²) in [5.74, 6) is -0.257. The molecule has 0 N–H and O–H groups in total. The van der Waals surface area contributed by atoms with Crippen LogP contribution in [-0.4, -0.2) is 7.05 Å². The molecular weight excluding hydrogens is 215 g/mol. The number of rotatable bonds is 2. The van der Waals surface area contributed by atoms with Crippen molar-refractivity contribution in [3.63, 3.8) is 0 Å². The van der Waals surface area contributed by atoms with Gasteiger partial charge in [0, 0.05) is 18.4 Å². The Morgan fingerprint density at radius 3 is 2.41 bits per heavy atom. The van der Waals surface area contributed by atoms with Crippen molar-refractivity contribution in [2.75, 3.05) is 11.9 Å². The van der Waals surface area contributed by atoms with E-state index in [1.807, 2.05) is 24.1 Å². The molecule has 0 radical (unpaired) electrons. The Morgan fingerprint density at radius 1 is 1.06 bits per heavy atom. The maximum Gasteiger partial charge on any atom is 0.123 e. The molecule has 0 unspecified atom stereocenters. The van der Waals surface area contributed by atoms with Crippen LogP contribution in [0, 0.1) is 17.1 Å². The summed E-state index contributed by atoms with van der Waals surface area (Å²) < 4.78 is 12.8. The first-order chi connectivity index (χ1) is 8.20. The smallest absolute Gasteiger partial charge is 0.123 e. The zero-order valence-corrected chi connectivity index (χ0v) is 9.39. The molecule has 0 spiro atoms. The van der Waals surface area contributed by atoms with Crippen LogP contribution in [0.1, 0.15) is 5.56 Å². The highest BCUT2D eigenvalue weighted by Crippen LogP contribution is 2.24. The highest BCUT2D eigenvalue weighted by molar-refractivity contribution is 5.63. The van der Waals surface area contributed by atoms with Crippen LogP contribution in [0.2, 0.25) is 0 Å². The number of nitrogens with zero attached hydrogens (tertiary/aromatic N) is 2. The van der Waals surface area contributed by atoms with Crippen LogP contribution < -0.4 is 4.90 Å². The lowest BCUT2D eigenvalue weighted by molar-refractivity contribution is 0.628. The van der Waals surface area contributed by atoms with Gasteiger partial charge in [-0.25, -0.2) is 4.39 Å². The number of benzene rings is 2. The molecule has 0 aromatic heterocycles. The second-order valence-electron chi connectivity index (χ2n) is 3.70. The van der Waals surface area contributed by atoms with E-state index in [2.05, 4.69) is 6.07 Å². The summed E-state index contributed by atoms with van der Waals surface area (Å²) in [4.78, 5) is 1.90. The average molecular weight is 226 g/mol. The minimum atomic E-state index is -0.257. The first-order valence-corrected chi connectivity index (χ1v) is 5.20. The van der Waals surface area contributed by atoms with E-state index < -0.39 is 0 Å². The van der Waals surface area contributed by atoms with Crippen LogP contribution in [0.15, 0.2) is 48.5 Å². The van der Waals surface area contributed by atoms with Gasteiger partial charge in [-0.3, -0.25) is 0 Å². The molecule has 2 rings (SSSR count). The standard InChI is InChI=1S/C14H11FN2/c1-17(13-7-5-12(15)6-8-13)14-4-2-3-11(9-14)10-16/h2-9H,1H3. The Morgan fingerprint density at radius 2 is 1.76 bits per heavy atom. The molecule has 2 aromatic rings. The van der Waals surface area contributed by atoms with E-state index in [0.717, 1.165) is 11.4 Å². The van der Waals surface area contributed by atoms with Gasteiger partial charge in [0.25, 0.3) is 0 Å². The van der Waals surface area contributed by atoms with Crippen molar-refractivity contribution < 1.29 is 4.39 Å². The molecule has 17 heavy (non-hydrogen) atoms. The topological polar surface area (TPSA) is 27.0 Å². The maximum atomic E-state index is 12.8. The van der Waals surface area contributed by atoms with Crippen LogP contribution in [-0.2, 0) is 0 Å². The molecule has 0 bridgehead atoms. The summed E-state index contributed by atoms with van der Waals surface area (Å²) in [5.41, 5.74) is 2.38. The minimum absolute atomic E-state index is 0.257. The lowest BCUT2D eigenvalue weighted by atomic mass is 10.2. The number of hydrogen-bond donors (Lipinski definition) is 0. The zero-order valence-electron chi connectivity index (χ0n) is 9.39. The highest BCUT2D eigenvalue weighted by Gasteiger charge is 2.04. The molecule has 0 aliphatic carbocycles. The Hall–Kier alpha value is -2.34. The lowest BCUT2D eigenvalue weighted by Crippen LogP contribution is -2.09. The van der Waals surface area contributed by atoms with Gasteiger partial charge < -0.3 is 4.90 Å². The molecule has 0 saturated heterocycles. The van der Waals surface area contributed by atoms with Crippen molar-refractivity contribution in [2.45, 2.75) is 0 Å². The summed E-state index contributed by atoms with van der Waals surface area (Å²) in [6.07, 6.45) is 0. The van der Waals surface area contributed by atoms with E-state index in [0.29, 0.717) is 5.56 Å². The first-order valence-electron chi connectivity index (χ1n) is 5.20. The molecule has 3 heteroatoms. The third-order valence-electron chi connectivity index (χ3n) is 2.58. The monoisotopic (exact) mass is 226 g/mol. The Labute approximate surface area is 99.5 Å². The summed E-state index contributed by atoms with van der Waals surface area (Å²) in [7, 11) is 1.88. The van der Waals surface area contributed by atoms with Gasteiger partial charge >= 0.3 is 0 Å². The summed E-state index contributed by atoms with van der Waals surface area (Å²) in [5, 5.41) is 8.83. The maximum absolute atomic E-state index is 12.8. The van der Waals surface area contributed by atoms with E-state index in [9.17, 15) is 4.39 Å². The number of hydrogen-bond acceptors (Lipinski definition) is 2. The molecule has 0 aliphatic rings. The van der Waals surface area contributed by atoms with Crippen molar-refractivity contribution in [3.05, 3.63) is 59.9 Å². The molecule has 0 heterocycles. The van der Waals surface area contributed by atoms with Crippen molar-refractivity contribution in [3.8, 4) is 6.07 Å². The molecule has 2 aromatic carbocycles. The quantitative estimate of drug-likeness (QED) is 0.784. The molecular formula is C14H11FN2. The Balaban J connectivity index is 2.33. The van der Waals surface area contributed by atoms with E-state index in [1.54, 1.807) is 24.3 Å². The minimum Gasteiger partial charge on any atom is -0.345 e. The SMILES string of the molecule is CN(c1ccc(F)cc1)c1cccc(C#N)c1. The van der Waals surface area contributed by atoms with Crippen molar-refractivity contribution in [1.82, 2.24) is 0 Å². The number of nitriles is 1. The van der Waals surface area contributed by atoms with Gasteiger partial charge in [-0.2, -0.15) is 5.26 Å². The highest BCUT2D eigenvalue weighted by atomic mass is 19.1. The van der Waals surface area contributed by atoms with Gasteiger partial charge in [0.05, 0.1) is 11.6 Å². The second kappa shape index (κ2) is 4.67. The normalized spacial score (nSPS) is 9.71. The number of halogens is 1. The largest absolute Gasteiger partial charge is 0.345 e. The van der Waals surface area contributed by atoms with Gasteiger partial charge in [-0.15, -0.1) is 0 Å². The molecule has 2 nitrogen and oxygen atoms in total. The van der Waals surface area contributed by atoms with Gasteiger partial charge in [0.1, 0.15) is 5.82 Å². The Kier molecular flexibility index (Phi) is 3.06. The summed E-state index contributed by atoms with van der Waals surface area (Å²) in [6.45, 7) is 0. The molecule has 0 amide bonds. The second-order valence-corrected chi connectivity index (χ2v) is 3.70. The van der Waals surface area contributed by atoms with Gasteiger partial charge in [-0.1, -0.05) is 6.07 Å². The lowest BCUT2D eigenvalue weighted by Gasteiger charge is -2.19. The molecule has 0 aliphatic heterocycles. The fourth-order valence-corrected chi connectivity index (χ4v) is 1.60. The Bertz CT molecular complexity index is 555. The van der Waals surface area contributed by atoms with Gasteiger partial charge in [0.15, 0.2) is 0 Å². The molecule has 0 saturated carbocycles. The summed E-state index contributed by atoms with van der Waals surface area (Å²) in [6, 6.07) is 15.6. The zero-order chi connectivity index (χ0) is 12.3. The fraction of sp³-hybridized carbons (Fsp3) is 0.0714. The van der Waals surface area contributed by atoms with Crippen LogP contribution in [0.3, 0.4) is 0 Å². The third kappa shape index (κ3) is 2.43. The third-order valence-corrected chi connectivity index (χ3v) is 2.58. The predicted octanol–water partition coefficient (Wildman–Crippen LogP) is 3.47. The van der Waals surface area contributed by atoms with Gasteiger partial charge in [-0.05, 0) is 42.5 Å². The van der Waals surface area contributed by atoms with E-state index in [4.69, 9.17) is 5.26 Å². The number of anilines is 2. The fourth-order valence-electron chi connectivity index (χ4n) is 1.60. The molecule has 0 atom stereocenters. The van der Waals surface area contributed by atoms with Crippen LogP contribution >= 0.6 is 0 Å². The van der Waals surface area contributed by atoms with E-state index >= 15 is 0 Å².